The van der Waals surface area contributed by atoms with Crippen molar-refractivity contribution < 1.29 is 9.21 Å². The van der Waals surface area contributed by atoms with Crippen molar-refractivity contribution in [2.24, 2.45) is 0 Å². The summed E-state index contributed by atoms with van der Waals surface area (Å²) in [6, 6.07) is 11.8. The van der Waals surface area contributed by atoms with E-state index in [9.17, 15) is 4.79 Å². The summed E-state index contributed by atoms with van der Waals surface area (Å²) < 4.78 is 5.33. The average molecular weight is 522 g/mol. The van der Waals surface area contributed by atoms with E-state index in [4.69, 9.17) is 26.7 Å². The van der Waals surface area contributed by atoms with Gasteiger partial charge in [-0.25, -0.2) is 4.98 Å². The molecule has 1 atom stereocenters. The van der Waals surface area contributed by atoms with Crippen LogP contribution in [0.2, 0.25) is 5.02 Å². The normalized spacial score (nSPS) is 20.1. The van der Waals surface area contributed by atoms with Crippen molar-refractivity contribution in [3.05, 3.63) is 64.5 Å². The quantitative estimate of drug-likeness (QED) is 0.539. The number of likely N-dealkylation sites (tertiary alicyclic amines) is 1. The number of nitrogens with zero attached hydrogens (tertiary/aromatic N) is 6. The molecular weight excluding hydrogens is 490 g/mol. The van der Waals surface area contributed by atoms with Crippen LogP contribution in [0, 0.1) is 6.92 Å². The zero-order valence-corrected chi connectivity index (χ0v) is 22.1. The van der Waals surface area contributed by atoms with E-state index in [-0.39, 0.29) is 11.9 Å². The SMILES string of the molecule is C/C=C1/CN(c2ccc(-c3nnc(N)o3)nc2C)[C@H](C)CN1C1CCN(C(=O)c2ccc(Cl)cc2)CC1. The third-order valence-corrected chi connectivity index (χ3v) is 7.59. The zero-order chi connectivity index (χ0) is 26.1. The van der Waals surface area contributed by atoms with Crippen LogP contribution in [-0.2, 0) is 0 Å². The van der Waals surface area contributed by atoms with Crippen LogP contribution >= 0.6 is 11.6 Å². The molecule has 2 N–H and O–H groups in total. The Morgan fingerprint density at radius 3 is 2.46 bits per heavy atom. The summed E-state index contributed by atoms with van der Waals surface area (Å²) in [7, 11) is 0. The molecule has 0 aliphatic carbocycles. The predicted molar refractivity (Wildman–Crippen MR) is 144 cm³/mol. The smallest absolute Gasteiger partial charge is 0.313 e. The van der Waals surface area contributed by atoms with E-state index in [2.05, 4.69) is 46.0 Å². The van der Waals surface area contributed by atoms with Gasteiger partial charge >= 0.3 is 6.01 Å². The number of allylic oxidation sites excluding steroid dienone is 1. The fraction of sp³-hybridized carbons (Fsp3) is 0.407. The van der Waals surface area contributed by atoms with E-state index < -0.39 is 0 Å². The van der Waals surface area contributed by atoms with Crippen molar-refractivity contribution in [2.75, 3.05) is 36.8 Å². The molecule has 0 saturated carbocycles. The molecule has 194 valence electrons. The molecule has 0 unspecified atom stereocenters. The Morgan fingerprint density at radius 1 is 1.11 bits per heavy atom. The number of piperazine rings is 1. The molecule has 0 spiro atoms. The zero-order valence-electron chi connectivity index (χ0n) is 21.4. The van der Waals surface area contributed by atoms with Crippen LogP contribution in [0.3, 0.4) is 0 Å². The molecule has 2 saturated heterocycles. The van der Waals surface area contributed by atoms with Crippen LogP contribution in [0.4, 0.5) is 11.7 Å². The Labute approximate surface area is 221 Å². The molecule has 10 heteroatoms. The number of rotatable bonds is 4. The van der Waals surface area contributed by atoms with Crippen LogP contribution < -0.4 is 10.6 Å². The van der Waals surface area contributed by atoms with Crippen LogP contribution in [0.5, 0.6) is 0 Å². The monoisotopic (exact) mass is 521 g/mol. The molecule has 2 aliphatic heterocycles. The summed E-state index contributed by atoms with van der Waals surface area (Å²) in [5.74, 6) is 0.397. The van der Waals surface area contributed by atoms with E-state index in [1.807, 2.05) is 17.9 Å². The van der Waals surface area contributed by atoms with Gasteiger partial charge in [-0.2, -0.15) is 0 Å². The number of amides is 1. The molecule has 3 aromatic rings. The number of piperidine rings is 1. The lowest BCUT2D eigenvalue weighted by atomic mass is 9.98. The number of anilines is 2. The Hall–Kier alpha value is -3.59. The molecular formula is C27H32ClN7O2. The van der Waals surface area contributed by atoms with Gasteiger partial charge in [0, 0.05) is 48.0 Å². The topological polar surface area (TPSA) is 105 Å². The van der Waals surface area contributed by atoms with Gasteiger partial charge in [-0.05, 0) is 70.0 Å². The van der Waals surface area contributed by atoms with Gasteiger partial charge in [0.1, 0.15) is 5.69 Å². The average Bonchev–Trinajstić information content (AvgIpc) is 3.35. The summed E-state index contributed by atoms with van der Waals surface area (Å²) in [4.78, 5) is 24.6. The second kappa shape index (κ2) is 10.4. The molecule has 37 heavy (non-hydrogen) atoms. The number of carbonyl (C=O) groups excluding carboxylic acids is 1. The first-order valence-electron chi connectivity index (χ1n) is 12.6. The number of aromatic nitrogens is 3. The molecule has 2 aliphatic rings. The molecule has 0 radical (unpaired) electrons. The second-order valence-electron chi connectivity index (χ2n) is 9.69. The first-order valence-corrected chi connectivity index (χ1v) is 13.0. The van der Waals surface area contributed by atoms with Gasteiger partial charge < -0.3 is 24.9 Å². The molecule has 4 heterocycles. The number of hydrogen-bond acceptors (Lipinski definition) is 8. The number of carbonyl (C=O) groups is 1. The maximum atomic E-state index is 12.9. The number of benzene rings is 1. The number of hydrogen-bond donors (Lipinski definition) is 1. The van der Waals surface area contributed by atoms with Crippen molar-refractivity contribution in [3.8, 4) is 11.6 Å². The Balaban J connectivity index is 1.25. The van der Waals surface area contributed by atoms with Gasteiger partial charge in [0.25, 0.3) is 11.8 Å². The molecule has 0 bridgehead atoms. The lowest BCUT2D eigenvalue weighted by Gasteiger charge is -2.49. The summed E-state index contributed by atoms with van der Waals surface area (Å²) in [6.07, 6.45) is 4.11. The van der Waals surface area contributed by atoms with E-state index in [0.717, 1.165) is 50.4 Å². The Bertz CT molecular complexity index is 1300. The highest BCUT2D eigenvalue weighted by Gasteiger charge is 2.34. The van der Waals surface area contributed by atoms with Gasteiger partial charge in [-0.1, -0.05) is 22.8 Å². The van der Waals surface area contributed by atoms with Crippen LogP contribution in [0.25, 0.3) is 11.6 Å². The van der Waals surface area contributed by atoms with Crippen LogP contribution in [0.1, 0.15) is 42.7 Å². The van der Waals surface area contributed by atoms with Gasteiger partial charge in [0.2, 0.25) is 0 Å². The molecule has 2 fully saturated rings. The van der Waals surface area contributed by atoms with Gasteiger partial charge in [-0.15, -0.1) is 5.10 Å². The fourth-order valence-corrected chi connectivity index (χ4v) is 5.48. The molecule has 2 aromatic heterocycles. The first kappa shape index (κ1) is 25.1. The van der Waals surface area contributed by atoms with E-state index >= 15 is 0 Å². The largest absolute Gasteiger partial charge is 0.402 e. The predicted octanol–water partition coefficient (Wildman–Crippen LogP) is 4.39. The summed E-state index contributed by atoms with van der Waals surface area (Å²) in [5.41, 5.74) is 10.2. The Morgan fingerprint density at radius 2 is 1.84 bits per heavy atom. The lowest BCUT2D eigenvalue weighted by molar-refractivity contribution is 0.0638. The van der Waals surface area contributed by atoms with E-state index in [1.165, 1.54) is 5.70 Å². The number of halogens is 1. The van der Waals surface area contributed by atoms with Gasteiger partial charge in [0.15, 0.2) is 0 Å². The number of nitrogen functional groups attached to an aromatic ring is 1. The molecule has 1 aromatic carbocycles. The second-order valence-corrected chi connectivity index (χ2v) is 10.1. The van der Waals surface area contributed by atoms with Crippen molar-refractivity contribution in [1.82, 2.24) is 25.0 Å². The van der Waals surface area contributed by atoms with Crippen molar-refractivity contribution in [1.29, 1.82) is 0 Å². The number of nitrogens with two attached hydrogens (primary N) is 1. The van der Waals surface area contributed by atoms with Crippen molar-refractivity contribution >= 4 is 29.2 Å². The number of aryl methyl sites for hydroxylation is 1. The summed E-state index contributed by atoms with van der Waals surface area (Å²) >= 11 is 5.98. The minimum atomic E-state index is 0.0289. The lowest BCUT2D eigenvalue weighted by Crippen LogP contribution is -2.56. The first-order chi connectivity index (χ1) is 17.8. The third-order valence-electron chi connectivity index (χ3n) is 7.34. The third kappa shape index (κ3) is 5.13. The van der Waals surface area contributed by atoms with Crippen LogP contribution in [0.15, 0.2) is 52.6 Å². The molecule has 5 rings (SSSR count). The van der Waals surface area contributed by atoms with E-state index in [1.54, 1.807) is 24.3 Å². The highest BCUT2D eigenvalue weighted by molar-refractivity contribution is 6.30. The van der Waals surface area contributed by atoms with Crippen molar-refractivity contribution in [3.63, 3.8) is 0 Å². The minimum absolute atomic E-state index is 0.0289. The van der Waals surface area contributed by atoms with E-state index in [0.29, 0.717) is 34.3 Å². The van der Waals surface area contributed by atoms with Gasteiger partial charge in [-0.3, -0.25) is 4.79 Å². The maximum Gasteiger partial charge on any atom is 0.313 e. The van der Waals surface area contributed by atoms with Gasteiger partial charge in [0.05, 0.1) is 17.9 Å². The highest BCUT2D eigenvalue weighted by atomic mass is 35.5. The fourth-order valence-electron chi connectivity index (χ4n) is 5.36. The minimum Gasteiger partial charge on any atom is -0.402 e. The van der Waals surface area contributed by atoms with Crippen molar-refractivity contribution in [2.45, 2.75) is 45.7 Å². The number of pyridine rings is 1. The molecule has 9 nitrogen and oxygen atoms in total. The summed E-state index contributed by atoms with van der Waals surface area (Å²) in [6.45, 7) is 9.58. The summed E-state index contributed by atoms with van der Waals surface area (Å²) in [5, 5.41) is 8.31. The standard InChI is InChI=1S/C27H32ClN7O2/c1-4-21-16-34(24-10-9-23(30-18(24)3)25-31-32-27(29)37-25)17(2)15-35(21)22-11-13-33(14-12-22)26(36)19-5-7-20(28)8-6-19/h4-10,17,22H,11-16H2,1-3H3,(H2,29,32)/b21-4-/t17-/m1/s1. The molecule has 1 amide bonds. The van der Waals surface area contributed by atoms with Crippen LogP contribution in [-0.4, -0.2) is 69.2 Å². The highest BCUT2D eigenvalue weighted by Crippen LogP contribution is 2.32. The maximum absolute atomic E-state index is 12.9. The Kier molecular flexibility index (Phi) is 7.06.